The summed E-state index contributed by atoms with van der Waals surface area (Å²) in [4.78, 5) is 2.04. The smallest absolute Gasteiger partial charge is 0.127 e. The Hall–Kier alpha value is -1.58. The van der Waals surface area contributed by atoms with Crippen molar-refractivity contribution in [2.75, 3.05) is 12.8 Å². The van der Waals surface area contributed by atoms with Gasteiger partial charge < -0.3 is 5.73 Å². The van der Waals surface area contributed by atoms with E-state index in [-0.39, 0.29) is 11.9 Å². The number of hydrogen-bond acceptors (Lipinski definition) is 2. The molecule has 0 saturated carbocycles. The van der Waals surface area contributed by atoms with Crippen LogP contribution in [0.4, 0.5) is 10.1 Å². The number of halogens is 2. The van der Waals surface area contributed by atoms with Gasteiger partial charge in [-0.3, -0.25) is 4.90 Å². The standard InChI is InChI=1S/C16H18ClFN2/c1-11(14-5-3-4-6-16(14)18)20(2)10-12-9-13(19)7-8-15(12)17/h3-9,11H,10,19H2,1-2H3. The van der Waals surface area contributed by atoms with Gasteiger partial charge in [-0.1, -0.05) is 29.8 Å². The molecule has 2 nitrogen and oxygen atoms in total. The lowest BCUT2D eigenvalue weighted by Crippen LogP contribution is -2.23. The summed E-state index contributed by atoms with van der Waals surface area (Å²) in [6.07, 6.45) is 0. The summed E-state index contributed by atoms with van der Waals surface area (Å²) < 4.78 is 13.8. The monoisotopic (exact) mass is 292 g/mol. The Kier molecular flexibility index (Phi) is 4.63. The van der Waals surface area contributed by atoms with Crippen molar-refractivity contribution in [2.24, 2.45) is 0 Å². The molecule has 0 spiro atoms. The first-order valence-electron chi connectivity index (χ1n) is 6.47. The third kappa shape index (κ3) is 3.30. The Morgan fingerprint density at radius 3 is 2.65 bits per heavy atom. The molecule has 106 valence electrons. The molecule has 4 heteroatoms. The van der Waals surface area contributed by atoms with Crippen molar-refractivity contribution in [3.05, 3.63) is 64.4 Å². The predicted molar refractivity (Wildman–Crippen MR) is 82.1 cm³/mol. The lowest BCUT2D eigenvalue weighted by molar-refractivity contribution is 0.248. The number of benzene rings is 2. The van der Waals surface area contributed by atoms with Crippen molar-refractivity contribution in [3.63, 3.8) is 0 Å². The fraction of sp³-hybridized carbons (Fsp3) is 0.250. The Labute approximate surface area is 124 Å². The van der Waals surface area contributed by atoms with Crippen LogP contribution in [0.1, 0.15) is 24.1 Å². The van der Waals surface area contributed by atoms with Gasteiger partial charge in [0, 0.05) is 28.9 Å². The van der Waals surface area contributed by atoms with Gasteiger partial charge in [-0.05, 0) is 43.8 Å². The number of nitrogens with zero attached hydrogens (tertiary/aromatic N) is 1. The Balaban J connectivity index is 2.17. The van der Waals surface area contributed by atoms with Crippen molar-refractivity contribution in [2.45, 2.75) is 19.5 Å². The van der Waals surface area contributed by atoms with E-state index in [2.05, 4.69) is 0 Å². The number of rotatable bonds is 4. The first-order valence-corrected chi connectivity index (χ1v) is 6.85. The Bertz CT molecular complexity index is 601. The quantitative estimate of drug-likeness (QED) is 0.854. The molecular weight excluding hydrogens is 275 g/mol. The zero-order chi connectivity index (χ0) is 14.7. The van der Waals surface area contributed by atoms with E-state index >= 15 is 0 Å². The summed E-state index contributed by atoms with van der Waals surface area (Å²) in [6, 6.07) is 12.2. The van der Waals surface area contributed by atoms with Gasteiger partial charge in [0.1, 0.15) is 5.82 Å². The van der Waals surface area contributed by atoms with E-state index in [1.54, 1.807) is 24.3 Å². The maximum atomic E-state index is 13.8. The molecule has 0 radical (unpaired) electrons. The first kappa shape index (κ1) is 14.8. The zero-order valence-corrected chi connectivity index (χ0v) is 12.4. The van der Waals surface area contributed by atoms with Crippen molar-refractivity contribution in [1.29, 1.82) is 0 Å². The first-order chi connectivity index (χ1) is 9.49. The molecule has 2 N–H and O–H groups in total. The molecule has 0 aromatic heterocycles. The largest absolute Gasteiger partial charge is 0.399 e. The summed E-state index contributed by atoms with van der Waals surface area (Å²) >= 11 is 6.17. The second-order valence-electron chi connectivity index (χ2n) is 4.96. The van der Waals surface area contributed by atoms with Gasteiger partial charge in [0.25, 0.3) is 0 Å². The normalized spacial score (nSPS) is 12.7. The SMILES string of the molecule is CC(c1ccccc1F)N(C)Cc1cc(N)ccc1Cl. The van der Waals surface area contributed by atoms with E-state index in [0.717, 1.165) is 5.56 Å². The molecule has 0 heterocycles. The van der Waals surface area contributed by atoms with Gasteiger partial charge >= 0.3 is 0 Å². The van der Waals surface area contributed by atoms with Crippen LogP contribution in [0, 0.1) is 5.82 Å². The van der Waals surface area contributed by atoms with E-state index in [4.69, 9.17) is 17.3 Å². The minimum absolute atomic E-state index is 0.0475. The van der Waals surface area contributed by atoms with Crippen LogP contribution < -0.4 is 5.73 Å². The van der Waals surface area contributed by atoms with Crippen LogP contribution in [0.2, 0.25) is 5.02 Å². The van der Waals surface area contributed by atoms with Crippen LogP contribution in [0.5, 0.6) is 0 Å². The summed E-state index contributed by atoms with van der Waals surface area (Å²) in [5.41, 5.74) is 8.07. The minimum Gasteiger partial charge on any atom is -0.399 e. The molecule has 2 rings (SSSR count). The fourth-order valence-corrected chi connectivity index (χ4v) is 2.35. The van der Waals surface area contributed by atoms with Gasteiger partial charge in [-0.15, -0.1) is 0 Å². The molecule has 1 atom stereocenters. The summed E-state index contributed by atoms with van der Waals surface area (Å²) in [5.74, 6) is -0.189. The molecule has 2 aromatic rings. The molecule has 20 heavy (non-hydrogen) atoms. The highest BCUT2D eigenvalue weighted by Gasteiger charge is 2.16. The maximum Gasteiger partial charge on any atom is 0.127 e. The van der Waals surface area contributed by atoms with Crippen molar-refractivity contribution >= 4 is 17.3 Å². The van der Waals surface area contributed by atoms with E-state index in [1.165, 1.54) is 6.07 Å². The van der Waals surface area contributed by atoms with Crippen LogP contribution in [-0.2, 0) is 6.54 Å². The zero-order valence-electron chi connectivity index (χ0n) is 11.6. The maximum absolute atomic E-state index is 13.8. The molecular formula is C16H18ClFN2. The molecule has 0 fully saturated rings. The predicted octanol–water partition coefficient (Wildman–Crippen LogP) is 4.25. The molecule has 0 bridgehead atoms. The van der Waals surface area contributed by atoms with E-state index in [0.29, 0.717) is 22.8 Å². The fourth-order valence-electron chi connectivity index (χ4n) is 2.17. The van der Waals surface area contributed by atoms with Gasteiger partial charge in [0.15, 0.2) is 0 Å². The number of anilines is 1. The molecule has 2 aromatic carbocycles. The van der Waals surface area contributed by atoms with Gasteiger partial charge in [0.2, 0.25) is 0 Å². The van der Waals surface area contributed by atoms with Gasteiger partial charge in [0.05, 0.1) is 0 Å². The van der Waals surface area contributed by atoms with E-state index in [9.17, 15) is 4.39 Å². The lowest BCUT2D eigenvalue weighted by Gasteiger charge is -2.26. The summed E-state index contributed by atoms with van der Waals surface area (Å²) in [5, 5.41) is 0.673. The number of hydrogen-bond donors (Lipinski definition) is 1. The molecule has 0 aliphatic carbocycles. The van der Waals surface area contributed by atoms with Crippen LogP contribution in [-0.4, -0.2) is 11.9 Å². The molecule has 0 aliphatic rings. The Morgan fingerprint density at radius 2 is 1.95 bits per heavy atom. The third-order valence-electron chi connectivity index (χ3n) is 3.51. The second kappa shape index (κ2) is 6.25. The average Bonchev–Trinajstić information content (AvgIpc) is 2.42. The van der Waals surface area contributed by atoms with Gasteiger partial charge in [-0.25, -0.2) is 4.39 Å². The Morgan fingerprint density at radius 1 is 1.25 bits per heavy atom. The minimum atomic E-state index is -0.189. The van der Waals surface area contributed by atoms with Crippen LogP contribution in [0.25, 0.3) is 0 Å². The van der Waals surface area contributed by atoms with Crippen LogP contribution in [0.15, 0.2) is 42.5 Å². The molecule has 0 aliphatic heterocycles. The highest BCUT2D eigenvalue weighted by Crippen LogP contribution is 2.26. The second-order valence-corrected chi connectivity index (χ2v) is 5.37. The van der Waals surface area contributed by atoms with E-state index < -0.39 is 0 Å². The van der Waals surface area contributed by atoms with Crippen molar-refractivity contribution in [1.82, 2.24) is 4.90 Å². The highest BCUT2D eigenvalue weighted by molar-refractivity contribution is 6.31. The third-order valence-corrected chi connectivity index (χ3v) is 3.87. The topological polar surface area (TPSA) is 29.3 Å². The summed E-state index contributed by atoms with van der Waals surface area (Å²) in [6.45, 7) is 2.58. The van der Waals surface area contributed by atoms with Crippen molar-refractivity contribution in [3.8, 4) is 0 Å². The van der Waals surface area contributed by atoms with Crippen LogP contribution in [0.3, 0.4) is 0 Å². The summed E-state index contributed by atoms with van der Waals surface area (Å²) in [7, 11) is 1.94. The number of nitrogen functional groups attached to an aromatic ring is 1. The average molecular weight is 293 g/mol. The van der Waals surface area contributed by atoms with Crippen molar-refractivity contribution < 1.29 is 4.39 Å². The van der Waals surface area contributed by atoms with Crippen LogP contribution >= 0.6 is 11.6 Å². The molecule has 0 saturated heterocycles. The molecule has 0 amide bonds. The van der Waals surface area contributed by atoms with E-state index in [1.807, 2.05) is 31.0 Å². The van der Waals surface area contributed by atoms with Gasteiger partial charge in [-0.2, -0.15) is 0 Å². The lowest BCUT2D eigenvalue weighted by atomic mass is 10.1. The number of nitrogens with two attached hydrogens (primary N) is 1. The molecule has 1 unspecified atom stereocenters. The highest BCUT2D eigenvalue weighted by atomic mass is 35.5.